The van der Waals surface area contributed by atoms with Crippen molar-refractivity contribution < 1.29 is 117 Å². The van der Waals surface area contributed by atoms with E-state index >= 15 is 4.79 Å². The van der Waals surface area contributed by atoms with E-state index in [9.17, 15) is 112 Å². The van der Waals surface area contributed by atoms with Crippen LogP contribution in [0.5, 0.6) is 11.5 Å². The lowest BCUT2D eigenvalue weighted by atomic mass is 9.99. The lowest BCUT2D eigenvalue weighted by Gasteiger charge is -2.29. The molecule has 14 atom stereocenters. The number of carboxylic acids is 3. The molecule has 42 nitrogen and oxygen atoms in total. The lowest BCUT2D eigenvalue weighted by molar-refractivity contribution is -0.142. The molecule has 27 N–H and O–H groups in total. The van der Waals surface area contributed by atoms with Crippen LogP contribution in [0.15, 0.2) is 109 Å². The minimum absolute atomic E-state index is 0.0215. The van der Waals surface area contributed by atoms with Gasteiger partial charge in [0.2, 0.25) is 82.7 Å². The number of amides is 14. The van der Waals surface area contributed by atoms with E-state index < -0.39 is 261 Å². The number of aliphatic carboxylic acids is 3. The highest BCUT2D eigenvalue weighted by atomic mass is 16.4. The van der Waals surface area contributed by atoms with E-state index in [0.717, 1.165) is 6.92 Å². The average Bonchev–Trinajstić information content (AvgIpc) is 1.70. The van der Waals surface area contributed by atoms with Crippen LogP contribution in [0, 0.1) is 23.2 Å². The molecule has 0 bridgehead atoms. The van der Waals surface area contributed by atoms with Gasteiger partial charge in [0.1, 0.15) is 90.0 Å². The van der Waals surface area contributed by atoms with Gasteiger partial charge < -0.3 is 127 Å². The monoisotopic (exact) mass is 1750 g/mol. The molecule has 14 amide bonds. The Labute approximate surface area is 719 Å². The number of H-pyrrole nitrogens is 1. The number of phenols is 2. The number of primary amides is 1. The van der Waals surface area contributed by atoms with Gasteiger partial charge in [-0.25, -0.2) is 0 Å². The van der Waals surface area contributed by atoms with Crippen LogP contribution in [-0.4, -0.2) is 245 Å². The van der Waals surface area contributed by atoms with E-state index in [1.54, 1.807) is 96.1 Å². The summed E-state index contributed by atoms with van der Waals surface area (Å²) in [5, 5.41) is 114. The highest BCUT2D eigenvalue weighted by molar-refractivity contribution is 6.01. The zero-order chi connectivity index (χ0) is 93.1. The van der Waals surface area contributed by atoms with Crippen molar-refractivity contribution in [2.45, 2.75) is 217 Å². The molecule has 0 aliphatic heterocycles. The van der Waals surface area contributed by atoms with E-state index in [1.807, 2.05) is 0 Å². The number of hydrogen-bond acceptors (Lipinski definition) is 22. The van der Waals surface area contributed by atoms with E-state index in [0.29, 0.717) is 27.6 Å². The fraction of sp³-hybridized carbons (Fsp3) is 0.470. The molecule has 1 aromatic heterocycles. The SMILES string of the molecule is CC(=O)N[C@H](C(=O)N[C@H](C(=O)N[C@@H](Cc1ccccc1)C(=O)N[C@@H](CCCNC(=N)N)C(=O)N[C@@H](CO)C(=O)N[C@@H](Cc1c[nH]c2ccccc12)C(=O)N[C@@H](CCC(=O)O)C(=O)N[C@@H](CCC(=O)O)C(=O)N[C@@H](Cc1ccc(O)cc1)C(=O)N[C@@H](CC(C)C)C(=O)N[C@@H](CC(=O)O)C(=O)N[C@@H](Cc1ccc(O)cc1)C(=O)N[C@H](C(N)=O)C(C)C)C(C)C)[C@@H](C)O. The summed E-state index contributed by atoms with van der Waals surface area (Å²) in [6.07, 6.45) is -6.45. The van der Waals surface area contributed by atoms with Gasteiger partial charge in [0.25, 0.3) is 0 Å². The summed E-state index contributed by atoms with van der Waals surface area (Å²) < 4.78 is 0. The number of carbonyl (C=O) groups excluding carboxylic acids is 14. The molecule has 42 heteroatoms. The molecule has 5 aromatic rings. The first-order chi connectivity index (χ1) is 58.9. The molecule has 0 saturated carbocycles. The Hall–Kier alpha value is -13.8. The predicted molar refractivity (Wildman–Crippen MR) is 449 cm³/mol. The summed E-state index contributed by atoms with van der Waals surface area (Å²) in [6, 6.07) is 3.14. The van der Waals surface area contributed by atoms with Crippen molar-refractivity contribution in [3.05, 3.63) is 132 Å². The Balaban J connectivity index is 1.48. The number of rotatable bonds is 52. The van der Waals surface area contributed by atoms with Crippen molar-refractivity contribution >= 4 is 117 Å². The standard InChI is InChI=1S/C83H114N18O24/c1-41(2)33-57(74(117)97-62(38-66(111)112)78(121)95-60(36-48-22-26-51(106)27-23-48)79(122)100-67(42(3)4)70(84)113)93-76(119)58(35-47-20-24-50(105)25-21-47)94-73(116)56(29-31-65(109)110)91-72(115)55(28-30-64(107)108)92-77(120)61(37-49-39-88-53-18-13-12-17-52(49)53)96-80(123)63(40-102)99-71(114)54(19-14-32-87-83(85)86)90-75(118)59(34-46-15-10-9-11-16-46)98-81(124)68(43(5)6)101-82(125)69(44(7)103)89-45(8)104/h9-13,15-18,20-27,39,41-44,54-63,67-69,88,102-103,105-106H,14,19,28-38,40H2,1-8H3,(H2,84,113)(H,89,104)(H,90,118)(H,91,115)(H,92,120)(H,93,119)(H,94,116)(H,95,121)(H,96,123)(H,97,117)(H,98,124)(H,99,114)(H,100,122)(H,101,125)(H,107,108)(H,109,110)(H,111,112)(H4,85,86,87)/t44-,54+,55+,56+,57+,58+,59+,60+,61+,62+,63+,67+,68+,69+/m1/s1. The number of aromatic nitrogens is 1. The molecule has 125 heavy (non-hydrogen) atoms. The second-order valence-electron chi connectivity index (χ2n) is 31.1. The summed E-state index contributed by atoms with van der Waals surface area (Å²) >= 11 is 0. The van der Waals surface area contributed by atoms with E-state index in [-0.39, 0.29) is 55.7 Å². The number of aromatic hydroxyl groups is 2. The number of carboxylic acid groups (broad SMARTS) is 3. The number of aromatic amines is 1. The van der Waals surface area contributed by atoms with E-state index in [2.05, 4.69) is 79.4 Å². The smallest absolute Gasteiger partial charge is 0.305 e. The third kappa shape index (κ3) is 34.6. The molecule has 0 spiro atoms. The second kappa shape index (κ2) is 49.9. The van der Waals surface area contributed by atoms with Crippen molar-refractivity contribution in [3.63, 3.8) is 0 Å². The van der Waals surface area contributed by atoms with Gasteiger partial charge >= 0.3 is 17.9 Å². The number of guanidine groups is 1. The molecule has 5 rings (SSSR count). The zero-order valence-electron chi connectivity index (χ0n) is 70.3. The highest BCUT2D eigenvalue weighted by Gasteiger charge is 2.40. The third-order valence-corrected chi connectivity index (χ3v) is 19.7. The highest BCUT2D eigenvalue weighted by Crippen LogP contribution is 2.22. The van der Waals surface area contributed by atoms with Crippen LogP contribution in [-0.2, 0) is 107 Å². The van der Waals surface area contributed by atoms with Gasteiger partial charge in [-0.15, -0.1) is 0 Å². The molecule has 0 saturated heterocycles. The number of carbonyl (C=O) groups is 17. The van der Waals surface area contributed by atoms with Gasteiger partial charge in [0, 0.05) is 69.1 Å². The average molecular weight is 1750 g/mol. The first-order valence-corrected chi connectivity index (χ1v) is 40.3. The Kier molecular flexibility index (Phi) is 40.7. The third-order valence-electron chi connectivity index (χ3n) is 19.7. The predicted octanol–water partition coefficient (Wildman–Crippen LogP) is -3.14. The maximum Gasteiger partial charge on any atom is 0.305 e. The molecular formula is C83H114N18O24. The molecule has 680 valence electrons. The fourth-order valence-corrected chi connectivity index (χ4v) is 13.0. The molecule has 0 aliphatic carbocycles. The van der Waals surface area contributed by atoms with Crippen molar-refractivity contribution in [1.82, 2.24) is 79.4 Å². The first kappa shape index (κ1) is 102. The summed E-state index contributed by atoms with van der Waals surface area (Å²) in [4.78, 5) is 239. The number of phenolic OH excluding ortho intramolecular Hbond substituents is 2. The molecule has 0 aliphatic rings. The van der Waals surface area contributed by atoms with Gasteiger partial charge in [-0.3, -0.25) is 86.9 Å². The zero-order valence-corrected chi connectivity index (χ0v) is 70.3. The van der Waals surface area contributed by atoms with E-state index in [4.69, 9.17) is 16.9 Å². The Morgan fingerprint density at radius 1 is 0.400 bits per heavy atom. The summed E-state index contributed by atoms with van der Waals surface area (Å²) in [5.74, 6) is -22.5. The molecule has 4 aromatic carbocycles. The number of hydrogen-bond donors (Lipinski definition) is 25. The van der Waals surface area contributed by atoms with Gasteiger partial charge in [0.15, 0.2) is 5.96 Å². The van der Waals surface area contributed by atoms with Crippen LogP contribution >= 0.6 is 0 Å². The van der Waals surface area contributed by atoms with Gasteiger partial charge in [-0.1, -0.05) is 114 Å². The summed E-state index contributed by atoms with van der Waals surface area (Å²) in [7, 11) is 0. The maximum absolute atomic E-state index is 15.1. The normalized spacial score (nSPS) is 14.5. The summed E-state index contributed by atoms with van der Waals surface area (Å²) in [6.45, 7) is 10.6. The van der Waals surface area contributed by atoms with Crippen molar-refractivity contribution in [2.75, 3.05) is 13.2 Å². The Bertz CT molecular complexity index is 4600. The number of fused-ring (bicyclic) bond motifs is 1. The number of nitrogens with two attached hydrogens (primary N) is 2. The van der Waals surface area contributed by atoms with Crippen LogP contribution in [0.1, 0.15) is 129 Å². The topological polar surface area (TPSA) is 692 Å². The van der Waals surface area contributed by atoms with E-state index in [1.165, 1.54) is 61.7 Å². The number of aliphatic hydroxyl groups is 2. The fourth-order valence-electron chi connectivity index (χ4n) is 13.0. The number of nitrogens with one attached hydrogen (secondary N) is 16. The summed E-state index contributed by atoms with van der Waals surface area (Å²) in [5.41, 5.74) is 13.0. The van der Waals surface area contributed by atoms with Crippen molar-refractivity contribution in [2.24, 2.45) is 29.2 Å². The second-order valence-corrected chi connectivity index (χ2v) is 31.1. The maximum atomic E-state index is 15.1. The Morgan fingerprint density at radius 3 is 1.20 bits per heavy atom. The van der Waals surface area contributed by atoms with Crippen LogP contribution in [0.3, 0.4) is 0 Å². The first-order valence-electron chi connectivity index (χ1n) is 40.3. The van der Waals surface area contributed by atoms with Gasteiger partial charge in [-0.05, 0) is 109 Å². The Morgan fingerprint density at radius 2 is 0.768 bits per heavy atom. The van der Waals surface area contributed by atoms with Crippen LogP contribution in [0.25, 0.3) is 10.9 Å². The molecule has 0 radical (unpaired) electrons. The molecule has 0 fully saturated rings. The molecule has 0 unspecified atom stereocenters. The largest absolute Gasteiger partial charge is 0.508 e. The number of aliphatic hydroxyl groups excluding tert-OH is 2. The van der Waals surface area contributed by atoms with Gasteiger partial charge in [0.05, 0.1) is 19.1 Å². The molecule has 1 heterocycles. The van der Waals surface area contributed by atoms with Crippen LogP contribution < -0.4 is 85.9 Å². The van der Waals surface area contributed by atoms with Crippen molar-refractivity contribution in [1.29, 1.82) is 5.41 Å². The number of para-hydroxylation sites is 1. The lowest BCUT2D eigenvalue weighted by Crippen LogP contribution is -2.62. The minimum atomic E-state index is -2.00. The van der Waals surface area contributed by atoms with Crippen molar-refractivity contribution in [3.8, 4) is 11.5 Å². The minimum Gasteiger partial charge on any atom is -0.508 e. The quantitative estimate of drug-likeness (QED) is 0.0104. The number of benzene rings is 4. The van der Waals surface area contributed by atoms with Crippen LogP contribution in [0.4, 0.5) is 0 Å². The van der Waals surface area contributed by atoms with Gasteiger partial charge in [-0.2, -0.15) is 0 Å². The molecular weight excluding hydrogens is 1630 g/mol. The van der Waals surface area contributed by atoms with Crippen LogP contribution in [0.2, 0.25) is 0 Å².